The van der Waals surface area contributed by atoms with Crippen LogP contribution in [0.25, 0.3) is 0 Å². The van der Waals surface area contributed by atoms with Gasteiger partial charge in [0.05, 0.1) is 0 Å². The van der Waals surface area contributed by atoms with E-state index in [1.165, 1.54) is 18.4 Å². The van der Waals surface area contributed by atoms with Crippen molar-refractivity contribution in [3.05, 3.63) is 29.8 Å². The number of anilines is 1. The van der Waals surface area contributed by atoms with Crippen LogP contribution in [0, 0.1) is 0 Å². The first-order chi connectivity index (χ1) is 9.78. The Hall–Kier alpha value is -0.710. The molecule has 2 rings (SSSR count). The van der Waals surface area contributed by atoms with E-state index in [4.69, 9.17) is 0 Å². The predicted molar refractivity (Wildman–Crippen MR) is 94.7 cm³/mol. The number of hydrogen-bond acceptors (Lipinski definition) is 3. The molecule has 0 aliphatic carbocycles. The summed E-state index contributed by atoms with van der Waals surface area (Å²) in [6.07, 6.45) is 4.11. The van der Waals surface area contributed by atoms with E-state index in [0.29, 0.717) is 12.5 Å². The van der Waals surface area contributed by atoms with E-state index in [2.05, 4.69) is 29.7 Å². The van der Waals surface area contributed by atoms with E-state index in [9.17, 15) is 4.79 Å². The van der Waals surface area contributed by atoms with E-state index < -0.39 is 0 Å². The molecule has 3 nitrogen and oxygen atoms in total. The normalized spacial score (nSPS) is 17.9. The molecule has 1 atom stereocenters. The highest BCUT2D eigenvalue weighted by Crippen LogP contribution is 2.14. The zero-order valence-electron chi connectivity index (χ0n) is 12.6. The van der Waals surface area contributed by atoms with Gasteiger partial charge >= 0.3 is 0 Å². The molecule has 0 radical (unpaired) electrons. The number of unbranched alkanes of at least 4 members (excludes halogenated alkanes) is 1. The number of aryl methyl sites for hydroxylation is 1. The van der Waals surface area contributed by atoms with Crippen molar-refractivity contribution in [2.45, 2.75) is 38.6 Å². The minimum absolute atomic E-state index is 0. The molecule has 0 bridgehead atoms. The fourth-order valence-electron chi connectivity index (χ4n) is 2.32. The minimum atomic E-state index is 0. The SMILES string of the molecule is CCCCc1ccc(NC(=O)CC2CSCCN2)cc1.Cl. The Morgan fingerprint density at radius 3 is 2.76 bits per heavy atom. The highest BCUT2D eigenvalue weighted by Gasteiger charge is 2.16. The summed E-state index contributed by atoms with van der Waals surface area (Å²) in [7, 11) is 0. The quantitative estimate of drug-likeness (QED) is 0.840. The topological polar surface area (TPSA) is 41.1 Å². The lowest BCUT2D eigenvalue weighted by Gasteiger charge is -2.22. The Morgan fingerprint density at radius 1 is 1.38 bits per heavy atom. The molecule has 0 saturated carbocycles. The van der Waals surface area contributed by atoms with Crippen molar-refractivity contribution in [3.63, 3.8) is 0 Å². The molecule has 21 heavy (non-hydrogen) atoms. The van der Waals surface area contributed by atoms with Crippen molar-refractivity contribution in [3.8, 4) is 0 Å². The fourth-order valence-corrected chi connectivity index (χ4v) is 3.27. The molecule has 2 N–H and O–H groups in total. The first kappa shape index (κ1) is 18.3. The summed E-state index contributed by atoms with van der Waals surface area (Å²) in [5, 5.41) is 6.37. The molecular weight excluding hydrogens is 304 g/mol. The second-order valence-electron chi connectivity index (χ2n) is 5.28. The van der Waals surface area contributed by atoms with Gasteiger partial charge in [-0.15, -0.1) is 12.4 Å². The largest absolute Gasteiger partial charge is 0.326 e. The van der Waals surface area contributed by atoms with E-state index in [0.717, 1.165) is 30.2 Å². The van der Waals surface area contributed by atoms with E-state index in [1.54, 1.807) is 0 Å². The minimum Gasteiger partial charge on any atom is -0.326 e. The van der Waals surface area contributed by atoms with Crippen molar-refractivity contribution in [1.82, 2.24) is 5.32 Å². The van der Waals surface area contributed by atoms with Crippen LogP contribution in [0.2, 0.25) is 0 Å². The summed E-state index contributed by atoms with van der Waals surface area (Å²) >= 11 is 1.92. The predicted octanol–water partition coefficient (Wildman–Crippen LogP) is 3.48. The van der Waals surface area contributed by atoms with Gasteiger partial charge in [0.15, 0.2) is 0 Å². The molecule has 1 aromatic carbocycles. The molecule has 1 heterocycles. The average Bonchev–Trinajstić information content (AvgIpc) is 2.47. The number of hydrogen-bond donors (Lipinski definition) is 2. The monoisotopic (exact) mass is 328 g/mol. The van der Waals surface area contributed by atoms with Crippen molar-refractivity contribution < 1.29 is 4.79 Å². The van der Waals surface area contributed by atoms with Crippen LogP contribution in [0.3, 0.4) is 0 Å². The molecule has 1 aliphatic heterocycles. The first-order valence-corrected chi connectivity index (χ1v) is 8.63. The molecule has 0 aromatic heterocycles. The van der Waals surface area contributed by atoms with E-state index in [-0.39, 0.29) is 18.3 Å². The van der Waals surface area contributed by atoms with Crippen LogP contribution in [0.15, 0.2) is 24.3 Å². The Balaban J connectivity index is 0.00000220. The van der Waals surface area contributed by atoms with Crippen molar-refractivity contribution >= 4 is 35.8 Å². The Morgan fingerprint density at radius 2 is 2.14 bits per heavy atom. The maximum absolute atomic E-state index is 12.0. The summed E-state index contributed by atoms with van der Waals surface area (Å²) in [4.78, 5) is 12.0. The summed E-state index contributed by atoms with van der Waals surface area (Å²) in [5.41, 5.74) is 2.24. The van der Waals surface area contributed by atoms with Gasteiger partial charge in [-0.1, -0.05) is 25.5 Å². The van der Waals surface area contributed by atoms with Crippen molar-refractivity contribution in [2.75, 3.05) is 23.4 Å². The smallest absolute Gasteiger partial charge is 0.225 e. The molecule has 118 valence electrons. The number of amides is 1. The second kappa shape index (κ2) is 10.1. The van der Waals surface area contributed by atoms with Crippen LogP contribution in [0.1, 0.15) is 31.7 Å². The second-order valence-corrected chi connectivity index (χ2v) is 6.43. The lowest BCUT2D eigenvalue weighted by molar-refractivity contribution is -0.116. The zero-order valence-corrected chi connectivity index (χ0v) is 14.2. The standard InChI is InChI=1S/C16H24N2OS.ClH/c1-2-3-4-13-5-7-14(8-6-13)18-16(19)11-15-12-20-10-9-17-15;/h5-8,15,17H,2-4,9-12H2,1H3,(H,18,19);1H. The number of halogens is 1. The lowest BCUT2D eigenvalue weighted by atomic mass is 10.1. The molecule has 1 aliphatic rings. The van der Waals surface area contributed by atoms with Crippen molar-refractivity contribution in [1.29, 1.82) is 0 Å². The third-order valence-electron chi connectivity index (χ3n) is 3.49. The van der Waals surface area contributed by atoms with Gasteiger partial charge in [0.2, 0.25) is 5.91 Å². The fraction of sp³-hybridized carbons (Fsp3) is 0.562. The van der Waals surface area contributed by atoms with Gasteiger partial charge in [0, 0.05) is 36.2 Å². The number of carbonyl (C=O) groups excluding carboxylic acids is 1. The van der Waals surface area contributed by atoms with Crippen molar-refractivity contribution in [2.24, 2.45) is 0 Å². The summed E-state index contributed by atoms with van der Waals surface area (Å²) in [6.45, 7) is 3.21. The number of rotatable bonds is 6. The number of carbonyl (C=O) groups is 1. The molecule has 1 amide bonds. The van der Waals surface area contributed by atoms with Gasteiger partial charge in [-0.3, -0.25) is 4.79 Å². The van der Waals surface area contributed by atoms with E-state index >= 15 is 0 Å². The Labute approximate surface area is 138 Å². The van der Waals surface area contributed by atoms with Crippen LogP contribution in [0.5, 0.6) is 0 Å². The van der Waals surface area contributed by atoms with Crippen LogP contribution in [-0.4, -0.2) is 30.0 Å². The van der Waals surface area contributed by atoms with Crippen LogP contribution < -0.4 is 10.6 Å². The van der Waals surface area contributed by atoms with Gasteiger partial charge in [-0.25, -0.2) is 0 Å². The molecule has 1 aromatic rings. The number of benzene rings is 1. The molecule has 1 unspecified atom stereocenters. The van der Waals surface area contributed by atoms with Crippen LogP contribution in [-0.2, 0) is 11.2 Å². The third kappa shape index (κ3) is 6.72. The zero-order chi connectivity index (χ0) is 14.2. The molecular formula is C16H25ClN2OS. The summed E-state index contributed by atoms with van der Waals surface area (Å²) < 4.78 is 0. The number of thioether (sulfide) groups is 1. The van der Waals surface area contributed by atoms with Crippen LogP contribution in [0.4, 0.5) is 5.69 Å². The maximum atomic E-state index is 12.0. The Kier molecular flexibility index (Phi) is 8.81. The molecule has 0 spiro atoms. The van der Waals surface area contributed by atoms with Gasteiger partial charge in [-0.2, -0.15) is 11.8 Å². The maximum Gasteiger partial charge on any atom is 0.225 e. The van der Waals surface area contributed by atoms with Gasteiger partial charge in [-0.05, 0) is 30.5 Å². The Bertz CT molecular complexity index is 419. The van der Waals surface area contributed by atoms with Gasteiger partial charge in [0.25, 0.3) is 0 Å². The molecule has 1 fully saturated rings. The third-order valence-corrected chi connectivity index (χ3v) is 4.62. The number of nitrogens with one attached hydrogen (secondary N) is 2. The molecule has 5 heteroatoms. The van der Waals surface area contributed by atoms with Gasteiger partial charge in [0.1, 0.15) is 0 Å². The average molecular weight is 329 g/mol. The summed E-state index contributed by atoms with van der Waals surface area (Å²) in [6, 6.07) is 8.55. The first-order valence-electron chi connectivity index (χ1n) is 7.48. The lowest BCUT2D eigenvalue weighted by Crippen LogP contribution is -2.39. The van der Waals surface area contributed by atoms with Crippen LogP contribution >= 0.6 is 24.2 Å². The molecule has 1 saturated heterocycles. The van der Waals surface area contributed by atoms with Gasteiger partial charge < -0.3 is 10.6 Å². The van der Waals surface area contributed by atoms with E-state index in [1.807, 2.05) is 23.9 Å². The summed E-state index contributed by atoms with van der Waals surface area (Å²) in [5.74, 6) is 2.28. The highest BCUT2D eigenvalue weighted by atomic mass is 35.5. The highest BCUT2D eigenvalue weighted by molar-refractivity contribution is 7.99.